The zero-order valence-electron chi connectivity index (χ0n) is 6.98. The van der Waals surface area contributed by atoms with Crippen molar-refractivity contribution in [1.29, 1.82) is 0 Å². The van der Waals surface area contributed by atoms with Crippen molar-refractivity contribution in [3.05, 3.63) is 0 Å². The topological polar surface area (TPSA) is 15.3 Å². The number of hydrogen-bond donors (Lipinski definition) is 1. The summed E-state index contributed by atoms with van der Waals surface area (Å²) >= 11 is 3.45. The molecular weight excluding hydrogens is 204 g/mol. The molecule has 0 aromatic carbocycles. The van der Waals surface area contributed by atoms with Crippen molar-refractivity contribution in [3.8, 4) is 0 Å². The summed E-state index contributed by atoms with van der Waals surface area (Å²) in [7, 11) is 0. The van der Waals surface area contributed by atoms with Gasteiger partial charge in [-0.15, -0.1) is 0 Å². The molecule has 0 unspecified atom stereocenters. The van der Waals surface area contributed by atoms with Gasteiger partial charge in [-0.25, -0.2) is 0 Å². The van der Waals surface area contributed by atoms with Crippen LogP contribution in [0.3, 0.4) is 0 Å². The molecule has 2 nitrogen and oxygen atoms in total. The van der Waals surface area contributed by atoms with Crippen molar-refractivity contribution in [1.82, 2.24) is 10.2 Å². The third-order valence-corrected chi connectivity index (χ3v) is 2.60. The maximum absolute atomic E-state index is 3.45. The van der Waals surface area contributed by atoms with E-state index in [0.29, 0.717) is 0 Å². The maximum Gasteiger partial charge on any atom is 0.0107 e. The Morgan fingerprint density at radius 3 is 3.00 bits per heavy atom. The van der Waals surface area contributed by atoms with Gasteiger partial charge in [-0.05, 0) is 32.5 Å². The summed E-state index contributed by atoms with van der Waals surface area (Å²) in [5, 5.41) is 4.54. The second-order valence-electron chi connectivity index (χ2n) is 2.99. The monoisotopic (exact) mass is 220 g/mol. The van der Waals surface area contributed by atoms with Crippen LogP contribution in [0.25, 0.3) is 0 Å². The van der Waals surface area contributed by atoms with Crippen molar-refractivity contribution in [2.24, 2.45) is 0 Å². The molecule has 1 N–H and O–H groups in total. The molecule has 1 heterocycles. The number of nitrogens with one attached hydrogen (secondary N) is 1. The van der Waals surface area contributed by atoms with Gasteiger partial charge in [-0.3, -0.25) is 0 Å². The lowest BCUT2D eigenvalue weighted by molar-refractivity contribution is 0.294. The molecule has 0 amide bonds. The molecule has 1 rings (SSSR count). The van der Waals surface area contributed by atoms with Crippen molar-refractivity contribution in [2.45, 2.75) is 12.8 Å². The van der Waals surface area contributed by atoms with Crippen LogP contribution in [0.4, 0.5) is 0 Å². The normalized spacial score (nSPS) is 21.5. The summed E-state index contributed by atoms with van der Waals surface area (Å²) in [6.07, 6.45) is 2.59. The van der Waals surface area contributed by atoms with Gasteiger partial charge in [0, 0.05) is 18.4 Å². The van der Waals surface area contributed by atoms with Crippen molar-refractivity contribution in [2.75, 3.05) is 38.1 Å². The molecule has 1 saturated heterocycles. The molecule has 0 aromatic rings. The third-order valence-electron chi connectivity index (χ3n) is 2.04. The fourth-order valence-corrected chi connectivity index (χ4v) is 1.66. The number of nitrogens with zero attached hydrogens (tertiary/aromatic N) is 1. The van der Waals surface area contributed by atoms with E-state index in [0.717, 1.165) is 5.33 Å². The summed E-state index contributed by atoms with van der Waals surface area (Å²) in [5.74, 6) is 0. The Labute approximate surface area is 77.5 Å². The van der Waals surface area contributed by atoms with Crippen LogP contribution in [0.2, 0.25) is 0 Å². The lowest BCUT2D eigenvalue weighted by atomic mass is 10.3. The zero-order valence-corrected chi connectivity index (χ0v) is 8.57. The van der Waals surface area contributed by atoms with Crippen LogP contribution in [0, 0.1) is 0 Å². The van der Waals surface area contributed by atoms with Crippen molar-refractivity contribution in [3.63, 3.8) is 0 Å². The minimum atomic E-state index is 1.14. The van der Waals surface area contributed by atoms with Gasteiger partial charge in [0.15, 0.2) is 0 Å². The highest BCUT2D eigenvalue weighted by molar-refractivity contribution is 9.09. The first-order valence-electron chi connectivity index (χ1n) is 4.42. The molecular formula is C8H17BrN2. The molecule has 0 aromatic heterocycles. The van der Waals surface area contributed by atoms with Gasteiger partial charge in [0.1, 0.15) is 0 Å². The van der Waals surface area contributed by atoms with Crippen LogP contribution >= 0.6 is 15.9 Å². The average Bonchev–Trinajstić information content (AvgIpc) is 2.28. The summed E-state index contributed by atoms with van der Waals surface area (Å²) < 4.78 is 0. The molecule has 0 bridgehead atoms. The highest BCUT2D eigenvalue weighted by Gasteiger charge is 2.06. The van der Waals surface area contributed by atoms with E-state index >= 15 is 0 Å². The van der Waals surface area contributed by atoms with Crippen molar-refractivity contribution >= 4 is 15.9 Å². The van der Waals surface area contributed by atoms with Crippen LogP contribution in [0.5, 0.6) is 0 Å². The number of rotatable bonds is 3. The van der Waals surface area contributed by atoms with Gasteiger partial charge >= 0.3 is 0 Å². The molecule has 3 heteroatoms. The predicted molar refractivity (Wildman–Crippen MR) is 52.3 cm³/mol. The molecule has 1 aliphatic heterocycles. The van der Waals surface area contributed by atoms with Crippen LogP contribution in [0.15, 0.2) is 0 Å². The van der Waals surface area contributed by atoms with E-state index in [2.05, 4.69) is 26.1 Å². The lowest BCUT2D eigenvalue weighted by Crippen LogP contribution is -2.29. The average molecular weight is 221 g/mol. The van der Waals surface area contributed by atoms with E-state index in [1.807, 2.05) is 0 Å². The van der Waals surface area contributed by atoms with Crippen LogP contribution < -0.4 is 5.32 Å². The second kappa shape index (κ2) is 5.98. The summed E-state index contributed by atoms with van der Waals surface area (Å²) in [6, 6.07) is 0. The first-order valence-corrected chi connectivity index (χ1v) is 5.54. The Kier molecular flexibility index (Phi) is 5.15. The Morgan fingerprint density at radius 1 is 1.27 bits per heavy atom. The van der Waals surface area contributed by atoms with Gasteiger partial charge in [0.05, 0.1) is 0 Å². The Morgan fingerprint density at radius 2 is 2.18 bits per heavy atom. The maximum atomic E-state index is 3.45. The Balaban J connectivity index is 2.09. The molecule has 0 saturated carbocycles. The Bertz CT molecular complexity index is 90.1. The lowest BCUT2D eigenvalue weighted by Gasteiger charge is -2.18. The molecule has 0 spiro atoms. The zero-order chi connectivity index (χ0) is 7.94. The van der Waals surface area contributed by atoms with Crippen molar-refractivity contribution < 1.29 is 0 Å². The van der Waals surface area contributed by atoms with Gasteiger partial charge < -0.3 is 10.2 Å². The van der Waals surface area contributed by atoms with E-state index in [-0.39, 0.29) is 0 Å². The number of hydrogen-bond acceptors (Lipinski definition) is 2. The van der Waals surface area contributed by atoms with Gasteiger partial charge in [0.25, 0.3) is 0 Å². The number of halogens is 1. The van der Waals surface area contributed by atoms with Crippen LogP contribution in [-0.4, -0.2) is 43.0 Å². The fraction of sp³-hybridized carbons (Fsp3) is 1.00. The molecule has 1 fully saturated rings. The molecule has 0 atom stereocenters. The quantitative estimate of drug-likeness (QED) is 0.717. The largest absolute Gasteiger partial charge is 0.315 e. The first-order chi connectivity index (χ1) is 5.43. The van der Waals surface area contributed by atoms with E-state index in [4.69, 9.17) is 0 Å². The second-order valence-corrected chi connectivity index (χ2v) is 3.78. The van der Waals surface area contributed by atoms with Gasteiger partial charge in [-0.1, -0.05) is 15.9 Å². The molecule has 11 heavy (non-hydrogen) atoms. The first kappa shape index (κ1) is 9.49. The molecule has 66 valence electrons. The van der Waals surface area contributed by atoms with E-state index in [9.17, 15) is 0 Å². The highest BCUT2D eigenvalue weighted by Crippen LogP contribution is 1.98. The minimum Gasteiger partial charge on any atom is -0.315 e. The fourth-order valence-electron chi connectivity index (χ4n) is 1.41. The van der Waals surface area contributed by atoms with E-state index < -0.39 is 0 Å². The molecule has 1 aliphatic rings. The van der Waals surface area contributed by atoms with Crippen LogP contribution in [-0.2, 0) is 0 Å². The van der Waals surface area contributed by atoms with Crippen LogP contribution in [0.1, 0.15) is 12.8 Å². The molecule has 0 aliphatic carbocycles. The number of alkyl halides is 1. The van der Waals surface area contributed by atoms with E-state index in [1.54, 1.807) is 0 Å². The smallest absolute Gasteiger partial charge is 0.0107 e. The summed E-state index contributed by atoms with van der Waals surface area (Å²) in [5.41, 5.74) is 0. The minimum absolute atomic E-state index is 1.14. The Hall–Kier alpha value is 0.400. The highest BCUT2D eigenvalue weighted by atomic mass is 79.9. The summed E-state index contributed by atoms with van der Waals surface area (Å²) in [6.45, 7) is 6.13. The standard InChI is InChI=1S/C8H17BrN2/c9-3-1-6-11-7-2-4-10-5-8-11/h10H,1-8H2. The van der Waals surface area contributed by atoms with Gasteiger partial charge in [-0.2, -0.15) is 0 Å². The van der Waals surface area contributed by atoms with Gasteiger partial charge in [0.2, 0.25) is 0 Å². The SMILES string of the molecule is BrCCCN1CCCNCC1. The summed E-state index contributed by atoms with van der Waals surface area (Å²) in [4.78, 5) is 2.54. The molecule has 0 radical (unpaired) electrons. The third kappa shape index (κ3) is 4.09. The van der Waals surface area contributed by atoms with E-state index in [1.165, 1.54) is 45.6 Å². The predicted octanol–water partition coefficient (Wildman–Crippen LogP) is 1.07.